The average Bonchev–Trinajstić information content (AvgIpc) is 3.35. The van der Waals surface area contributed by atoms with Crippen LogP contribution in [0.5, 0.6) is 0 Å². The Morgan fingerprint density at radius 2 is 1.91 bits per heavy atom. The maximum absolute atomic E-state index is 12.2. The molecule has 0 aromatic heterocycles. The van der Waals surface area contributed by atoms with E-state index in [0.717, 1.165) is 6.54 Å². The highest BCUT2D eigenvalue weighted by Crippen LogP contribution is 2.24. The first-order valence-corrected chi connectivity index (χ1v) is 9.08. The summed E-state index contributed by atoms with van der Waals surface area (Å²) in [6, 6.07) is 6.81. The number of nitrogens with zero attached hydrogens (tertiary/aromatic N) is 2. The van der Waals surface area contributed by atoms with E-state index in [-0.39, 0.29) is 23.0 Å². The number of amides is 1. The number of anilines is 1. The molecule has 8 heteroatoms. The van der Waals surface area contributed by atoms with Crippen LogP contribution in [0.3, 0.4) is 0 Å². The molecule has 7 nitrogen and oxygen atoms in total. The van der Waals surface area contributed by atoms with Crippen LogP contribution in [0.15, 0.2) is 29.2 Å². The monoisotopic (exact) mass is 340 g/mol. The highest BCUT2D eigenvalue weighted by Gasteiger charge is 2.26. The van der Waals surface area contributed by atoms with Gasteiger partial charge in [0, 0.05) is 26.2 Å². The number of nitrogens with two attached hydrogens (primary N) is 1. The van der Waals surface area contributed by atoms with Crippen LogP contribution in [0.1, 0.15) is 12.8 Å². The summed E-state index contributed by atoms with van der Waals surface area (Å²) >= 11 is 0. The van der Waals surface area contributed by atoms with Crippen molar-refractivity contribution < 1.29 is 13.2 Å². The Labute approximate surface area is 137 Å². The van der Waals surface area contributed by atoms with Crippen molar-refractivity contribution in [2.24, 2.45) is 0 Å². The number of carbonyl (C=O) groups is 1. The van der Waals surface area contributed by atoms with E-state index in [0.29, 0.717) is 12.6 Å². The van der Waals surface area contributed by atoms with Gasteiger partial charge in [-0.3, -0.25) is 4.79 Å². The van der Waals surface area contributed by atoms with Crippen molar-refractivity contribution >= 4 is 21.6 Å². The van der Waals surface area contributed by atoms with E-state index in [9.17, 15) is 13.2 Å². The van der Waals surface area contributed by atoms with Crippen LogP contribution in [-0.2, 0) is 14.8 Å². The number of para-hydroxylation sites is 1. The highest BCUT2D eigenvalue weighted by atomic mass is 32.2. The normalized spacial score (nSPS) is 14.9. The van der Waals surface area contributed by atoms with Crippen LogP contribution < -0.4 is 10.5 Å². The molecule has 1 aliphatic rings. The van der Waals surface area contributed by atoms with Crippen molar-refractivity contribution in [3.05, 3.63) is 24.3 Å². The van der Waals surface area contributed by atoms with Crippen LogP contribution >= 0.6 is 0 Å². The van der Waals surface area contributed by atoms with Crippen LogP contribution in [0.2, 0.25) is 0 Å². The zero-order chi connectivity index (χ0) is 17.0. The summed E-state index contributed by atoms with van der Waals surface area (Å²) in [6.45, 7) is 1.08. The van der Waals surface area contributed by atoms with Crippen molar-refractivity contribution in [1.29, 1.82) is 0 Å². The van der Waals surface area contributed by atoms with Gasteiger partial charge >= 0.3 is 0 Å². The quantitative estimate of drug-likeness (QED) is 0.655. The first-order chi connectivity index (χ1) is 10.8. The Kier molecular flexibility index (Phi) is 5.61. The van der Waals surface area contributed by atoms with Gasteiger partial charge in [-0.05, 0) is 32.0 Å². The maximum Gasteiger partial charge on any atom is 0.243 e. The minimum absolute atomic E-state index is 0.0103. The SMILES string of the molecule is CN(CCN(C)C1CC1)C(=O)CNS(=O)(=O)c1ccccc1N. The van der Waals surface area contributed by atoms with Gasteiger partial charge in [-0.25, -0.2) is 13.1 Å². The summed E-state index contributed by atoms with van der Waals surface area (Å²) in [5.74, 6) is -0.271. The third kappa shape index (κ3) is 4.92. The molecule has 1 aliphatic carbocycles. The van der Waals surface area contributed by atoms with Crippen LogP contribution in [0, 0.1) is 0 Å². The molecule has 1 saturated carbocycles. The molecule has 128 valence electrons. The molecule has 23 heavy (non-hydrogen) atoms. The van der Waals surface area contributed by atoms with Gasteiger partial charge in [-0.15, -0.1) is 0 Å². The maximum atomic E-state index is 12.2. The predicted molar refractivity (Wildman–Crippen MR) is 89.3 cm³/mol. The second kappa shape index (κ2) is 7.29. The zero-order valence-electron chi connectivity index (χ0n) is 13.5. The molecule has 0 heterocycles. The number of nitrogen functional groups attached to an aromatic ring is 1. The molecule has 0 bridgehead atoms. The summed E-state index contributed by atoms with van der Waals surface area (Å²) in [7, 11) is -0.0738. The van der Waals surface area contributed by atoms with Crippen LogP contribution in [-0.4, -0.2) is 63.9 Å². The molecule has 0 radical (unpaired) electrons. The summed E-state index contributed by atoms with van der Waals surface area (Å²) in [5, 5.41) is 0. The third-order valence-electron chi connectivity index (χ3n) is 4.01. The molecule has 1 amide bonds. The molecule has 1 aromatic carbocycles. The van der Waals surface area contributed by atoms with Crippen LogP contribution in [0.25, 0.3) is 0 Å². The van der Waals surface area contributed by atoms with E-state index in [4.69, 9.17) is 5.73 Å². The van der Waals surface area contributed by atoms with Crippen molar-refractivity contribution in [1.82, 2.24) is 14.5 Å². The predicted octanol–water partition coefficient (Wildman–Crippen LogP) is 0.0997. The molecule has 0 atom stereocenters. The largest absolute Gasteiger partial charge is 0.398 e. The number of hydrogen-bond donors (Lipinski definition) is 2. The lowest BCUT2D eigenvalue weighted by Gasteiger charge is -2.22. The molecule has 1 fully saturated rings. The highest BCUT2D eigenvalue weighted by molar-refractivity contribution is 7.89. The Balaban J connectivity index is 1.84. The molecule has 0 spiro atoms. The van der Waals surface area contributed by atoms with Crippen LogP contribution in [0.4, 0.5) is 5.69 Å². The number of rotatable bonds is 8. The molecule has 0 saturated heterocycles. The summed E-state index contributed by atoms with van der Waals surface area (Å²) in [5.41, 5.74) is 5.83. The lowest BCUT2D eigenvalue weighted by atomic mass is 10.3. The average molecular weight is 340 g/mol. The van der Waals surface area contributed by atoms with E-state index >= 15 is 0 Å². The number of hydrogen-bond acceptors (Lipinski definition) is 5. The minimum Gasteiger partial charge on any atom is -0.398 e. The van der Waals surface area contributed by atoms with Gasteiger partial charge < -0.3 is 15.5 Å². The summed E-state index contributed by atoms with van der Waals surface area (Å²) < 4.78 is 26.7. The molecule has 1 aromatic rings. The first-order valence-electron chi connectivity index (χ1n) is 7.59. The number of benzene rings is 1. The van der Waals surface area contributed by atoms with Gasteiger partial charge in [0.05, 0.1) is 12.2 Å². The third-order valence-corrected chi connectivity index (χ3v) is 5.48. The topological polar surface area (TPSA) is 95.7 Å². The molecule has 0 unspecified atom stereocenters. The molecule has 2 rings (SSSR count). The number of sulfonamides is 1. The van der Waals surface area contributed by atoms with Gasteiger partial charge in [0.15, 0.2) is 0 Å². The van der Waals surface area contributed by atoms with Crippen molar-refractivity contribution in [3.8, 4) is 0 Å². The zero-order valence-corrected chi connectivity index (χ0v) is 14.3. The van der Waals surface area contributed by atoms with Gasteiger partial charge in [0.1, 0.15) is 4.90 Å². The fourth-order valence-corrected chi connectivity index (χ4v) is 3.33. The lowest BCUT2D eigenvalue weighted by Crippen LogP contribution is -2.41. The standard InChI is InChI=1S/C15H24N4O3S/c1-18(12-7-8-12)9-10-19(2)15(20)11-17-23(21,22)14-6-4-3-5-13(14)16/h3-6,12,17H,7-11,16H2,1-2H3. The minimum atomic E-state index is -3.79. The van der Waals surface area contributed by atoms with E-state index in [2.05, 4.69) is 9.62 Å². The summed E-state index contributed by atoms with van der Waals surface area (Å²) in [6.07, 6.45) is 2.43. The molecule has 0 aliphatic heterocycles. The molecular weight excluding hydrogens is 316 g/mol. The number of carbonyl (C=O) groups excluding carboxylic acids is 1. The lowest BCUT2D eigenvalue weighted by molar-refractivity contribution is -0.128. The van der Waals surface area contributed by atoms with E-state index in [1.165, 1.54) is 29.9 Å². The Morgan fingerprint density at radius 1 is 1.26 bits per heavy atom. The molecular formula is C15H24N4O3S. The van der Waals surface area contributed by atoms with Gasteiger partial charge in [0.2, 0.25) is 15.9 Å². The smallest absolute Gasteiger partial charge is 0.243 e. The van der Waals surface area contributed by atoms with Gasteiger partial charge in [0.25, 0.3) is 0 Å². The fourth-order valence-electron chi connectivity index (χ4n) is 2.23. The van der Waals surface area contributed by atoms with E-state index in [1.54, 1.807) is 19.2 Å². The van der Waals surface area contributed by atoms with E-state index < -0.39 is 10.0 Å². The fraction of sp³-hybridized carbons (Fsp3) is 0.533. The van der Waals surface area contributed by atoms with Crippen molar-refractivity contribution in [2.45, 2.75) is 23.8 Å². The van der Waals surface area contributed by atoms with E-state index in [1.807, 2.05) is 7.05 Å². The summed E-state index contributed by atoms with van der Waals surface area (Å²) in [4.78, 5) is 15.8. The van der Waals surface area contributed by atoms with Crippen molar-refractivity contribution in [3.63, 3.8) is 0 Å². The Hall–Kier alpha value is -1.64. The van der Waals surface area contributed by atoms with Crippen molar-refractivity contribution in [2.75, 3.05) is 39.5 Å². The Morgan fingerprint density at radius 3 is 2.52 bits per heavy atom. The van der Waals surface area contributed by atoms with Gasteiger partial charge in [-0.2, -0.15) is 0 Å². The number of nitrogens with one attached hydrogen (secondary N) is 1. The Bertz CT molecular complexity index is 658. The second-order valence-corrected chi connectivity index (χ2v) is 7.62. The first kappa shape index (κ1) is 17.7. The number of likely N-dealkylation sites (N-methyl/N-ethyl adjacent to an activating group) is 2. The molecule has 3 N–H and O–H groups in total. The second-order valence-electron chi connectivity index (χ2n) is 5.89. The van der Waals surface area contributed by atoms with Gasteiger partial charge in [-0.1, -0.05) is 12.1 Å².